The molecule has 0 aliphatic rings. The van der Waals surface area contributed by atoms with Crippen molar-refractivity contribution in [3.63, 3.8) is 0 Å². The lowest BCUT2D eigenvalue weighted by atomic mass is 10.8. The molecule has 0 rings (SSSR count). The largest absolute Gasteiger partial charge is 0.531 e. The molecule has 0 saturated heterocycles. The summed E-state index contributed by atoms with van der Waals surface area (Å²) in [7, 11) is -2.85. The van der Waals surface area contributed by atoms with Crippen LogP contribution in [0.1, 0.15) is 20.8 Å². The first-order valence-electron chi connectivity index (χ1n) is 4.79. The van der Waals surface area contributed by atoms with Gasteiger partial charge >= 0.3 is 14.8 Å². The summed E-state index contributed by atoms with van der Waals surface area (Å²) in [5, 5.41) is 0. The van der Waals surface area contributed by atoms with Gasteiger partial charge in [-0.05, 0) is 19.5 Å². The molecular weight excluding hydrogens is 216 g/mol. The van der Waals surface area contributed by atoms with E-state index in [1.165, 1.54) is 12.6 Å². The van der Waals surface area contributed by atoms with Crippen LogP contribution in [0, 0.1) is 0 Å². The standard InChI is InChI=1S/C9H18O5Si/c1-5-12-15(7-3,13-6-2)14-8-11-9(4)10/h7H,3,5-6,8H2,1-2,4H3. The molecule has 0 radical (unpaired) electrons. The highest BCUT2D eigenvalue weighted by Gasteiger charge is 2.37. The van der Waals surface area contributed by atoms with Gasteiger partial charge in [-0.1, -0.05) is 6.58 Å². The minimum absolute atomic E-state index is 0.173. The van der Waals surface area contributed by atoms with Gasteiger partial charge < -0.3 is 18.0 Å². The molecule has 15 heavy (non-hydrogen) atoms. The van der Waals surface area contributed by atoms with Gasteiger partial charge in [0.15, 0.2) is 6.79 Å². The second-order valence-electron chi connectivity index (χ2n) is 2.57. The van der Waals surface area contributed by atoms with Crippen molar-refractivity contribution in [3.8, 4) is 0 Å². The van der Waals surface area contributed by atoms with E-state index in [0.717, 1.165) is 0 Å². The van der Waals surface area contributed by atoms with Gasteiger partial charge in [-0.25, -0.2) is 0 Å². The lowest BCUT2D eigenvalue weighted by Crippen LogP contribution is -2.44. The topological polar surface area (TPSA) is 54.0 Å². The van der Waals surface area contributed by atoms with E-state index in [2.05, 4.69) is 11.3 Å². The van der Waals surface area contributed by atoms with Crippen molar-refractivity contribution in [2.45, 2.75) is 20.8 Å². The van der Waals surface area contributed by atoms with Crippen molar-refractivity contribution in [2.24, 2.45) is 0 Å². The van der Waals surface area contributed by atoms with Crippen LogP contribution in [0.15, 0.2) is 12.3 Å². The Morgan fingerprint density at radius 1 is 1.27 bits per heavy atom. The van der Waals surface area contributed by atoms with Crippen LogP contribution in [0.5, 0.6) is 0 Å². The third-order valence-corrected chi connectivity index (χ3v) is 3.87. The molecule has 0 aromatic heterocycles. The average Bonchev–Trinajstić information content (AvgIpc) is 2.17. The Kier molecular flexibility index (Phi) is 7.23. The molecule has 0 saturated carbocycles. The van der Waals surface area contributed by atoms with Gasteiger partial charge in [0.1, 0.15) is 0 Å². The molecule has 0 N–H and O–H groups in total. The molecule has 0 spiro atoms. The molecule has 0 unspecified atom stereocenters. The maximum atomic E-state index is 10.5. The number of esters is 1. The van der Waals surface area contributed by atoms with Crippen LogP contribution < -0.4 is 0 Å². The van der Waals surface area contributed by atoms with Gasteiger partial charge in [0, 0.05) is 20.1 Å². The van der Waals surface area contributed by atoms with Gasteiger partial charge in [0.2, 0.25) is 0 Å². The number of carbonyl (C=O) groups is 1. The maximum absolute atomic E-state index is 10.5. The quantitative estimate of drug-likeness (QED) is 0.359. The predicted molar refractivity (Wildman–Crippen MR) is 56.9 cm³/mol. The lowest BCUT2D eigenvalue weighted by molar-refractivity contribution is -0.149. The van der Waals surface area contributed by atoms with Crippen LogP contribution in [0.3, 0.4) is 0 Å². The minimum Gasteiger partial charge on any atom is -0.440 e. The Morgan fingerprint density at radius 2 is 1.80 bits per heavy atom. The molecule has 0 atom stereocenters. The third kappa shape index (κ3) is 5.68. The normalized spacial score (nSPS) is 11.1. The van der Waals surface area contributed by atoms with Crippen molar-refractivity contribution in [1.82, 2.24) is 0 Å². The Balaban J connectivity index is 4.20. The fourth-order valence-electron chi connectivity index (χ4n) is 0.899. The Morgan fingerprint density at radius 3 is 2.13 bits per heavy atom. The zero-order valence-corrected chi connectivity index (χ0v) is 10.4. The van der Waals surface area contributed by atoms with E-state index in [1.54, 1.807) is 0 Å². The summed E-state index contributed by atoms with van der Waals surface area (Å²) in [6.45, 7) is 9.33. The molecule has 88 valence electrons. The highest BCUT2D eigenvalue weighted by atomic mass is 28.4. The number of hydrogen-bond donors (Lipinski definition) is 0. The molecule has 0 aromatic carbocycles. The van der Waals surface area contributed by atoms with Gasteiger partial charge in [-0.3, -0.25) is 4.79 Å². The minimum atomic E-state index is -2.85. The van der Waals surface area contributed by atoms with Crippen LogP contribution in [0.2, 0.25) is 0 Å². The molecule has 0 bridgehead atoms. The van der Waals surface area contributed by atoms with Crippen molar-refractivity contribution in [1.29, 1.82) is 0 Å². The lowest BCUT2D eigenvalue weighted by Gasteiger charge is -2.24. The zero-order chi connectivity index (χ0) is 11.7. The van der Waals surface area contributed by atoms with E-state index in [4.69, 9.17) is 13.3 Å². The summed E-state index contributed by atoms with van der Waals surface area (Å²) in [5.74, 6) is -0.407. The van der Waals surface area contributed by atoms with Crippen LogP contribution in [0.4, 0.5) is 0 Å². The number of rotatable bonds is 8. The summed E-state index contributed by atoms with van der Waals surface area (Å²) in [6.07, 6.45) is 0. The van der Waals surface area contributed by atoms with Crippen LogP contribution in [-0.2, 0) is 22.8 Å². The summed E-state index contributed by atoms with van der Waals surface area (Å²) in [5.41, 5.74) is 1.52. The summed E-state index contributed by atoms with van der Waals surface area (Å²) in [6, 6.07) is 0. The third-order valence-electron chi connectivity index (χ3n) is 1.46. The highest BCUT2D eigenvalue weighted by Crippen LogP contribution is 2.10. The maximum Gasteiger partial charge on any atom is 0.531 e. The van der Waals surface area contributed by atoms with Crippen molar-refractivity contribution >= 4 is 14.8 Å². The molecule has 0 heterocycles. The van der Waals surface area contributed by atoms with Crippen molar-refractivity contribution < 1.29 is 22.8 Å². The predicted octanol–water partition coefficient (Wildman–Crippen LogP) is 1.26. The second kappa shape index (κ2) is 7.58. The molecule has 5 nitrogen and oxygen atoms in total. The van der Waals surface area contributed by atoms with Gasteiger partial charge in [0.05, 0.1) is 0 Å². The van der Waals surface area contributed by atoms with Crippen LogP contribution >= 0.6 is 0 Å². The van der Waals surface area contributed by atoms with E-state index in [0.29, 0.717) is 13.2 Å². The monoisotopic (exact) mass is 234 g/mol. The fourth-order valence-corrected chi connectivity index (χ4v) is 2.53. The molecule has 0 amide bonds. The number of ether oxygens (including phenoxy) is 1. The van der Waals surface area contributed by atoms with Gasteiger partial charge in [-0.15, -0.1) is 0 Å². The molecule has 0 fully saturated rings. The first kappa shape index (κ1) is 14.3. The molecule has 0 aliphatic heterocycles. The van der Waals surface area contributed by atoms with E-state index >= 15 is 0 Å². The first-order chi connectivity index (χ1) is 7.10. The van der Waals surface area contributed by atoms with Gasteiger partial charge in [-0.2, -0.15) is 0 Å². The van der Waals surface area contributed by atoms with E-state index in [-0.39, 0.29) is 6.79 Å². The van der Waals surface area contributed by atoms with Crippen molar-refractivity contribution in [2.75, 3.05) is 20.0 Å². The summed E-state index contributed by atoms with van der Waals surface area (Å²) in [4.78, 5) is 10.5. The van der Waals surface area contributed by atoms with E-state index in [1.807, 2.05) is 13.8 Å². The first-order valence-corrected chi connectivity index (χ1v) is 6.59. The Hall–Kier alpha value is -0.693. The SMILES string of the molecule is C=C[Si](OCC)(OCC)OCOC(C)=O. The summed E-state index contributed by atoms with van der Waals surface area (Å²) >= 11 is 0. The van der Waals surface area contributed by atoms with Crippen LogP contribution in [0.25, 0.3) is 0 Å². The zero-order valence-electron chi connectivity index (χ0n) is 9.45. The van der Waals surface area contributed by atoms with E-state index < -0.39 is 14.8 Å². The molecule has 0 aromatic rings. The smallest absolute Gasteiger partial charge is 0.440 e. The highest BCUT2D eigenvalue weighted by molar-refractivity contribution is 6.66. The van der Waals surface area contributed by atoms with Crippen molar-refractivity contribution in [3.05, 3.63) is 12.3 Å². The Labute approximate surface area is 91.3 Å². The molecular formula is C9H18O5Si. The molecule has 6 heteroatoms. The van der Waals surface area contributed by atoms with Crippen LogP contribution in [-0.4, -0.2) is 34.8 Å². The Bertz CT molecular complexity index is 201. The molecule has 0 aliphatic carbocycles. The second-order valence-corrected chi connectivity index (χ2v) is 5.05. The van der Waals surface area contributed by atoms with Gasteiger partial charge in [0.25, 0.3) is 0 Å². The fraction of sp³-hybridized carbons (Fsp3) is 0.667. The van der Waals surface area contributed by atoms with E-state index in [9.17, 15) is 4.79 Å². The number of hydrogen-bond acceptors (Lipinski definition) is 5. The number of carbonyl (C=O) groups excluding carboxylic acids is 1. The average molecular weight is 234 g/mol. The summed E-state index contributed by atoms with van der Waals surface area (Å²) < 4.78 is 20.7.